The average Bonchev–Trinajstić information content (AvgIpc) is 3.15. The van der Waals surface area contributed by atoms with Gasteiger partial charge in [-0.05, 0) is 36.8 Å². The summed E-state index contributed by atoms with van der Waals surface area (Å²) in [6.07, 6.45) is 0.160. The largest absolute Gasteiger partial charge is 0.480 e. The molecule has 0 spiro atoms. The van der Waals surface area contributed by atoms with Gasteiger partial charge in [0, 0.05) is 12.0 Å². The molecule has 0 fully saturated rings. The van der Waals surface area contributed by atoms with E-state index in [4.69, 9.17) is 14.6 Å². The number of ether oxygens (including phenoxy) is 2. The number of carboxylic acid groups (broad SMARTS) is 1. The van der Waals surface area contributed by atoms with Crippen molar-refractivity contribution in [1.82, 2.24) is 10.6 Å². The summed E-state index contributed by atoms with van der Waals surface area (Å²) in [7, 11) is 0. The van der Waals surface area contributed by atoms with Crippen LogP contribution in [0.2, 0.25) is 0 Å². The summed E-state index contributed by atoms with van der Waals surface area (Å²) < 4.78 is 10.6. The van der Waals surface area contributed by atoms with Gasteiger partial charge in [-0.2, -0.15) is 0 Å². The van der Waals surface area contributed by atoms with E-state index in [1.807, 2.05) is 0 Å². The summed E-state index contributed by atoms with van der Waals surface area (Å²) >= 11 is 0. The molecule has 1 heterocycles. The maximum atomic E-state index is 12.6. The predicted octanol–water partition coefficient (Wildman–Crippen LogP) is 1.35. The first-order valence-corrected chi connectivity index (χ1v) is 8.71. The summed E-state index contributed by atoms with van der Waals surface area (Å²) in [6, 6.07) is 11.7. The lowest BCUT2D eigenvalue weighted by Gasteiger charge is -2.20. The SMILES string of the molecule is CC(NC(=O)C(Cc1ccc2c(c1)OCO2)NC(=O)c1ccccc1)C(=O)O. The quantitative estimate of drug-likeness (QED) is 0.664. The lowest BCUT2D eigenvalue weighted by atomic mass is 10.0. The third-order valence-corrected chi connectivity index (χ3v) is 4.26. The van der Waals surface area contributed by atoms with Gasteiger partial charge < -0.3 is 25.2 Å². The van der Waals surface area contributed by atoms with E-state index in [2.05, 4.69) is 10.6 Å². The highest BCUT2D eigenvalue weighted by Gasteiger charge is 2.26. The summed E-state index contributed by atoms with van der Waals surface area (Å²) in [6.45, 7) is 1.49. The Labute approximate surface area is 161 Å². The second-order valence-electron chi connectivity index (χ2n) is 6.35. The number of carbonyl (C=O) groups is 3. The van der Waals surface area contributed by atoms with E-state index in [0.717, 1.165) is 5.56 Å². The van der Waals surface area contributed by atoms with Gasteiger partial charge in [0.1, 0.15) is 12.1 Å². The van der Waals surface area contributed by atoms with Crippen molar-refractivity contribution in [2.24, 2.45) is 0 Å². The number of carbonyl (C=O) groups excluding carboxylic acids is 2. The number of fused-ring (bicyclic) bond motifs is 1. The predicted molar refractivity (Wildman–Crippen MR) is 99.2 cm³/mol. The first kappa shape index (κ1) is 19.2. The van der Waals surface area contributed by atoms with E-state index in [9.17, 15) is 14.4 Å². The molecule has 3 rings (SSSR count). The van der Waals surface area contributed by atoms with Crippen LogP contribution in [0.25, 0.3) is 0 Å². The second-order valence-corrected chi connectivity index (χ2v) is 6.35. The van der Waals surface area contributed by atoms with Crippen molar-refractivity contribution < 1.29 is 29.0 Å². The van der Waals surface area contributed by atoms with Crippen LogP contribution in [0.5, 0.6) is 11.5 Å². The second kappa shape index (κ2) is 8.43. The van der Waals surface area contributed by atoms with Crippen molar-refractivity contribution in [2.45, 2.75) is 25.4 Å². The maximum Gasteiger partial charge on any atom is 0.325 e. The Morgan fingerprint density at radius 3 is 2.46 bits per heavy atom. The lowest BCUT2D eigenvalue weighted by Crippen LogP contribution is -2.51. The van der Waals surface area contributed by atoms with Gasteiger partial charge in [-0.25, -0.2) is 0 Å². The zero-order chi connectivity index (χ0) is 20.1. The number of hydrogen-bond donors (Lipinski definition) is 3. The zero-order valence-corrected chi connectivity index (χ0v) is 15.2. The fraction of sp³-hybridized carbons (Fsp3) is 0.250. The number of rotatable bonds is 7. The molecule has 28 heavy (non-hydrogen) atoms. The minimum absolute atomic E-state index is 0.129. The Morgan fingerprint density at radius 1 is 1.04 bits per heavy atom. The number of aliphatic carboxylic acids is 1. The summed E-state index contributed by atoms with van der Waals surface area (Å²) in [5.41, 5.74) is 1.14. The maximum absolute atomic E-state index is 12.6. The molecule has 8 heteroatoms. The number of hydrogen-bond acceptors (Lipinski definition) is 5. The third-order valence-electron chi connectivity index (χ3n) is 4.26. The molecule has 0 bridgehead atoms. The van der Waals surface area contributed by atoms with E-state index in [0.29, 0.717) is 17.1 Å². The van der Waals surface area contributed by atoms with E-state index < -0.39 is 29.9 Å². The Balaban J connectivity index is 1.78. The molecular formula is C20H20N2O6. The molecule has 1 aliphatic heterocycles. The van der Waals surface area contributed by atoms with Crippen LogP contribution in [0.15, 0.2) is 48.5 Å². The number of carboxylic acids is 1. The van der Waals surface area contributed by atoms with Gasteiger partial charge >= 0.3 is 5.97 Å². The summed E-state index contributed by atoms with van der Waals surface area (Å²) in [4.78, 5) is 36.2. The van der Waals surface area contributed by atoms with Crippen LogP contribution < -0.4 is 20.1 Å². The van der Waals surface area contributed by atoms with Crippen LogP contribution in [-0.4, -0.2) is 41.8 Å². The molecule has 2 aromatic carbocycles. The van der Waals surface area contributed by atoms with Crippen LogP contribution in [0.4, 0.5) is 0 Å². The number of benzene rings is 2. The molecule has 2 atom stereocenters. The highest BCUT2D eigenvalue weighted by atomic mass is 16.7. The van der Waals surface area contributed by atoms with Gasteiger partial charge in [-0.3, -0.25) is 14.4 Å². The molecule has 0 aliphatic carbocycles. The van der Waals surface area contributed by atoms with Crippen LogP contribution in [0.3, 0.4) is 0 Å². The average molecular weight is 384 g/mol. The molecule has 146 valence electrons. The van der Waals surface area contributed by atoms with E-state index in [1.54, 1.807) is 48.5 Å². The minimum Gasteiger partial charge on any atom is -0.480 e. The number of amides is 2. The van der Waals surface area contributed by atoms with Gasteiger partial charge in [0.2, 0.25) is 12.7 Å². The first-order chi connectivity index (χ1) is 13.4. The van der Waals surface area contributed by atoms with Gasteiger partial charge in [-0.15, -0.1) is 0 Å². The molecule has 1 aliphatic rings. The fourth-order valence-electron chi connectivity index (χ4n) is 2.72. The van der Waals surface area contributed by atoms with Crippen molar-refractivity contribution in [3.05, 3.63) is 59.7 Å². The first-order valence-electron chi connectivity index (χ1n) is 8.71. The highest BCUT2D eigenvalue weighted by molar-refractivity contribution is 5.98. The van der Waals surface area contributed by atoms with Gasteiger partial charge in [0.25, 0.3) is 5.91 Å². The Morgan fingerprint density at radius 2 is 1.75 bits per heavy atom. The molecule has 3 N–H and O–H groups in total. The molecule has 2 unspecified atom stereocenters. The van der Waals surface area contributed by atoms with Crippen molar-refractivity contribution in [3.8, 4) is 11.5 Å². The van der Waals surface area contributed by atoms with Crippen molar-refractivity contribution >= 4 is 17.8 Å². The molecule has 0 radical (unpaired) electrons. The molecule has 2 amide bonds. The lowest BCUT2D eigenvalue weighted by molar-refractivity contribution is -0.141. The van der Waals surface area contributed by atoms with Crippen molar-refractivity contribution in [3.63, 3.8) is 0 Å². The highest BCUT2D eigenvalue weighted by Crippen LogP contribution is 2.32. The molecular weight excluding hydrogens is 364 g/mol. The van der Waals surface area contributed by atoms with E-state index in [1.165, 1.54) is 6.92 Å². The minimum atomic E-state index is -1.16. The zero-order valence-electron chi connectivity index (χ0n) is 15.2. The smallest absolute Gasteiger partial charge is 0.325 e. The van der Waals surface area contributed by atoms with Crippen LogP contribution >= 0.6 is 0 Å². The van der Waals surface area contributed by atoms with E-state index >= 15 is 0 Å². The molecule has 2 aromatic rings. The molecule has 0 saturated heterocycles. The van der Waals surface area contributed by atoms with Crippen molar-refractivity contribution in [2.75, 3.05) is 6.79 Å². The van der Waals surface area contributed by atoms with E-state index in [-0.39, 0.29) is 13.2 Å². The Kier molecular flexibility index (Phi) is 5.78. The van der Waals surface area contributed by atoms with Crippen molar-refractivity contribution in [1.29, 1.82) is 0 Å². The van der Waals surface area contributed by atoms with Crippen LogP contribution in [-0.2, 0) is 16.0 Å². The van der Waals surface area contributed by atoms with Gasteiger partial charge in [0.15, 0.2) is 11.5 Å². The fourth-order valence-corrected chi connectivity index (χ4v) is 2.72. The third kappa shape index (κ3) is 4.59. The summed E-state index contributed by atoms with van der Waals surface area (Å²) in [5.74, 6) is -1.01. The topological polar surface area (TPSA) is 114 Å². The Bertz CT molecular complexity index is 884. The standard InChI is InChI=1S/C20H20N2O6/c1-12(20(25)26)21-19(24)15(22-18(23)14-5-3-2-4-6-14)9-13-7-8-16-17(10-13)28-11-27-16/h2-8,10,12,15H,9,11H2,1H3,(H,21,24)(H,22,23)(H,25,26). The normalized spacial score (nSPS) is 14.0. The molecule has 0 aromatic heterocycles. The molecule has 0 saturated carbocycles. The summed E-state index contributed by atoms with van der Waals surface area (Å²) in [5, 5.41) is 14.1. The molecule has 8 nitrogen and oxygen atoms in total. The van der Waals surface area contributed by atoms with Gasteiger partial charge in [0.05, 0.1) is 0 Å². The monoisotopic (exact) mass is 384 g/mol. The number of nitrogens with one attached hydrogen (secondary N) is 2. The van der Waals surface area contributed by atoms with Crippen LogP contribution in [0.1, 0.15) is 22.8 Å². The van der Waals surface area contributed by atoms with Gasteiger partial charge in [-0.1, -0.05) is 24.3 Å². The Hall–Kier alpha value is -3.55. The van der Waals surface area contributed by atoms with Crippen LogP contribution in [0, 0.1) is 0 Å².